The van der Waals surface area contributed by atoms with Crippen LogP contribution in [0.2, 0.25) is 5.02 Å². The number of halogens is 2. The van der Waals surface area contributed by atoms with Crippen molar-refractivity contribution in [3.05, 3.63) is 43.5 Å². The Balaban J connectivity index is 2.56. The minimum Gasteiger partial charge on any atom is -0.495 e. The average molecular weight is 378 g/mol. The number of nitrogens with one attached hydrogen (secondary N) is 1. The zero-order valence-corrected chi connectivity index (χ0v) is 14.1. The highest BCUT2D eigenvalue weighted by Crippen LogP contribution is 2.43. The van der Waals surface area contributed by atoms with Crippen LogP contribution in [0.3, 0.4) is 0 Å². The summed E-state index contributed by atoms with van der Waals surface area (Å²) < 4.78 is 11.5. The highest BCUT2D eigenvalue weighted by Gasteiger charge is 2.23. The molecule has 1 heterocycles. The molecule has 0 aliphatic rings. The van der Waals surface area contributed by atoms with Gasteiger partial charge in [0.2, 0.25) is 0 Å². The Morgan fingerprint density at radius 3 is 2.55 bits per heavy atom. The van der Waals surface area contributed by atoms with Crippen LogP contribution < -0.4 is 20.7 Å². The van der Waals surface area contributed by atoms with E-state index in [9.17, 15) is 0 Å². The molecule has 0 amide bonds. The maximum Gasteiger partial charge on any atom is 0.142 e. The Kier molecular flexibility index (Phi) is 5.29. The monoisotopic (exact) mass is 376 g/mol. The van der Waals surface area contributed by atoms with E-state index in [1.807, 2.05) is 23.6 Å². The summed E-state index contributed by atoms with van der Waals surface area (Å²) in [7, 11) is 3.21. The predicted molar refractivity (Wildman–Crippen MR) is 85.7 cm³/mol. The van der Waals surface area contributed by atoms with Crippen molar-refractivity contribution in [2.45, 2.75) is 6.04 Å². The van der Waals surface area contributed by atoms with Crippen molar-refractivity contribution in [3.63, 3.8) is 0 Å². The lowest BCUT2D eigenvalue weighted by Gasteiger charge is -2.20. The van der Waals surface area contributed by atoms with Crippen LogP contribution in [0.4, 0.5) is 0 Å². The first kappa shape index (κ1) is 15.6. The van der Waals surface area contributed by atoms with Gasteiger partial charge in [-0.3, -0.25) is 5.84 Å². The van der Waals surface area contributed by atoms with E-state index in [4.69, 9.17) is 26.9 Å². The Labute approximate surface area is 134 Å². The standard InChI is InChI=1S/C13H14BrClN2O2S/c1-18-9-4-3-7(12(19-2)10(9)14)11(17-16)13-8(15)5-6-20-13/h3-6,11,17H,16H2,1-2H3. The number of hydrazine groups is 1. The SMILES string of the molecule is COc1ccc(C(NN)c2sccc2Cl)c(OC)c1Br. The molecule has 3 N–H and O–H groups in total. The van der Waals surface area contributed by atoms with Crippen molar-refractivity contribution in [1.82, 2.24) is 5.43 Å². The molecule has 0 aliphatic heterocycles. The van der Waals surface area contributed by atoms with Gasteiger partial charge in [-0.05, 0) is 39.5 Å². The molecule has 0 spiro atoms. The Morgan fingerprint density at radius 2 is 2.05 bits per heavy atom. The van der Waals surface area contributed by atoms with Crippen molar-refractivity contribution < 1.29 is 9.47 Å². The van der Waals surface area contributed by atoms with E-state index >= 15 is 0 Å². The third-order valence-electron chi connectivity index (χ3n) is 2.90. The number of methoxy groups -OCH3 is 2. The number of benzene rings is 1. The van der Waals surface area contributed by atoms with Crippen molar-refractivity contribution in [2.24, 2.45) is 5.84 Å². The van der Waals surface area contributed by atoms with E-state index in [2.05, 4.69) is 21.4 Å². The van der Waals surface area contributed by atoms with Gasteiger partial charge < -0.3 is 9.47 Å². The molecule has 7 heteroatoms. The average Bonchev–Trinajstić information content (AvgIpc) is 2.86. The molecule has 2 rings (SSSR count). The zero-order chi connectivity index (χ0) is 14.7. The first-order valence-electron chi connectivity index (χ1n) is 5.73. The molecule has 1 atom stereocenters. The third-order valence-corrected chi connectivity index (χ3v) is 5.08. The number of rotatable bonds is 5. The van der Waals surface area contributed by atoms with Gasteiger partial charge in [0.25, 0.3) is 0 Å². The van der Waals surface area contributed by atoms with Crippen LogP contribution in [0.5, 0.6) is 11.5 Å². The molecule has 20 heavy (non-hydrogen) atoms. The summed E-state index contributed by atoms with van der Waals surface area (Å²) in [6.45, 7) is 0. The molecule has 0 saturated carbocycles. The number of nitrogens with two attached hydrogens (primary N) is 1. The Hall–Kier alpha value is -0.790. The van der Waals surface area contributed by atoms with Crippen molar-refractivity contribution in [1.29, 1.82) is 0 Å². The van der Waals surface area contributed by atoms with Crippen LogP contribution in [0.25, 0.3) is 0 Å². The summed E-state index contributed by atoms with van der Waals surface area (Å²) in [5.74, 6) is 7.06. The molecule has 0 aliphatic carbocycles. The maximum atomic E-state index is 6.19. The summed E-state index contributed by atoms with van der Waals surface area (Å²) in [5, 5.41) is 2.60. The predicted octanol–water partition coefficient (Wildman–Crippen LogP) is 3.73. The molecule has 2 aromatic rings. The van der Waals surface area contributed by atoms with Crippen LogP contribution in [-0.4, -0.2) is 14.2 Å². The van der Waals surface area contributed by atoms with Gasteiger partial charge in [-0.15, -0.1) is 11.3 Å². The molecule has 0 radical (unpaired) electrons. The lowest BCUT2D eigenvalue weighted by atomic mass is 10.0. The summed E-state index contributed by atoms with van der Waals surface area (Å²) in [4.78, 5) is 0.935. The van der Waals surface area contributed by atoms with E-state index in [-0.39, 0.29) is 6.04 Å². The summed E-state index contributed by atoms with van der Waals surface area (Å²) >= 11 is 11.2. The molecule has 1 aromatic carbocycles. The zero-order valence-electron chi connectivity index (χ0n) is 10.9. The highest BCUT2D eigenvalue weighted by atomic mass is 79.9. The lowest BCUT2D eigenvalue weighted by Crippen LogP contribution is -2.28. The second-order valence-electron chi connectivity index (χ2n) is 3.94. The van der Waals surface area contributed by atoms with Crippen LogP contribution in [0.1, 0.15) is 16.5 Å². The molecule has 4 nitrogen and oxygen atoms in total. The fourth-order valence-electron chi connectivity index (χ4n) is 1.96. The molecular formula is C13H14BrClN2O2S. The first-order valence-corrected chi connectivity index (χ1v) is 7.78. The van der Waals surface area contributed by atoms with Crippen LogP contribution in [0, 0.1) is 0 Å². The molecule has 1 aromatic heterocycles. The van der Waals surface area contributed by atoms with Gasteiger partial charge in [-0.25, -0.2) is 5.43 Å². The molecular weight excluding hydrogens is 364 g/mol. The van der Waals surface area contributed by atoms with E-state index in [1.54, 1.807) is 14.2 Å². The van der Waals surface area contributed by atoms with E-state index < -0.39 is 0 Å². The normalized spacial score (nSPS) is 12.2. The Bertz CT molecular complexity index is 606. The van der Waals surface area contributed by atoms with Gasteiger partial charge >= 0.3 is 0 Å². The second-order valence-corrected chi connectivity index (χ2v) is 6.08. The minimum absolute atomic E-state index is 0.250. The van der Waals surface area contributed by atoms with Crippen molar-refractivity contribution in [2.75, 3.05) is 14.2 Å². The minimum atomic E-state index is -0.250. The summed E-state index contributed by atoms with van der Waals surface area (Å²) in [6, 6.07) is 5.35. The van der Waals surface area contributed by atoms with E-state index in [1.165, 1.54) is 11.3 Å². The van der Waals surface area contributed by atoms with Gasteiger partial charge in [-0.2, -0.15) is 0 Å². The largest absolute Gasteiger partial charge is 0.495 e. The Morgan fingerprint density at radius 1 is 1.30 bits per heavy atom. The van der Waals surface area contributed by atoms with Gasteiger partial charge in [0.15, 0.2) is 0 Å². The molecule has 1 unspecified atom stereocenters. The molecule has 0 saturated heterocycles. The van der Waals surface area contributed by atoms with Gasteiger partial charge in [0.05, 0.1) is 25.3 Å². The lowest BCUT2D eigenvalue weighted by molar-refractivity contribution is 0.383. The molecule has 0 fully saturated rings. The first-order chi connectivity index (χ1) is 9.63. The topological polar surface area (TPSA) is 56.5 Å². The van der Waals surface area contributed by atoms with Gasteiger partial charge in [0.1, 0.15) is 16.0 Å². The van der Waals surface area contributed by atoms with Gasteiger partial charge in [0, 0.05) is 10.4 Å². The van der Waals surface area contributed by atoms with Crippen LogP contribution >= 0.6 is 38.9 Å². The van der Waals surface area contributed by atoms with E-state index in [0.29, 0.717) is 16.5 Å². The van der Waals surface area contributed by atoms with Crippen molar-refractivity contribution in [3.8, 4) is 11.5 Å². The third kappa shape index (κ3) is 2.80. The van der Waals surface area contributed by atoms with E-state index in [0.717, 1.165) is 14.9 Å². The number of hydrogen-bond donors (Lipinski definition) is 2. The summed E-state index contributed by atoms with van der Waals surface area (Å²) in [6.07, 6.45) is 0. The van der Waals surface area contributed by atoms with Gasteiger partial charge in [-0.1, -0.05) is 11.6 Å². The number of hydrogen-bond acceptors (Lipinski definition) is 5. The maximum absolute atomic E-state index is 6.19. The fourth-order valence-corrected chi connectivity index (χ4v) is 3.89. The number of ether oxygens (including phenoxy) is 2. The smallest absolute Gasteiger partial charge is 0.142 e. The highest BCUT2D eigenvalue weighted by molar-refractivity contribution is 9.10. The fraction of sp³-hybridized carbons (Fsp3) is 0.231. The van der Waals surface area contributed by atoms with Crippen LogP contribution in [-0.2, 0) is 0 Å². The number of thiophene rings is 1. The molecule has 108 valence electrons. The second kappa shape index (κ2) is 6.78. The quantitative estimate of drug-likeness (QED) is 0.616. The molecule has 0 bridgehead atoms. The van der Waals surface area contributed by atoms with Crippen LogP contribution in [0.15, 0.2) is 28.1 Å². The van der Waals surface area contributed by atoms with Crippen molar-refractivity contribution >= 4 is 38.9 Å². The summed E-state index contributed by atoms with van der Waals surface area (Å²) in [5.41, 5.74) is 3.67.